The number of nitrogens with zero attached hydrogens (tertiary/aromatic N) is 5. The van der Waals surface area contributed by atoms with E-state index in [1.807, 2.05) is 18.2 Å². The molecule has 0 radical (unpaired) electrons. The Labute approximate surface area is 221 Å². The Morgan fingerprint density at radius 3 is 2.76 bits per heavy atom. The second-order valence-corrected chi connectivity index (χ2v) is 10.5. The minimum Gasteiger partial charge on any atom is -0.465 e. The maximum Gasteiger partial charge on any atom is 0.437 e. The Bertz CT molecular complexity index is 1300. The lowest BCUT2D eigenvalue weighted by molar-refractivity contribution is 0.0600. The predicted molar refractivity (Wildman–Crippen MR) is 143 cm³/mol. The SMILES string of the molecule is CCCCCCn1cc(-c2noc([C@@H]3CCCN3C(=NC(=O)OC(C)(C)C)NC(=O)O)n2)c2ccccc21. The van der Waals surface area contributed by atoms with Gasteiger partial charge in [-0.15, -0.1) is 4.99 Å². The quantitative estimate of drug-likeness (QED) is 0.219. The van der Waals surface area contributed by atoms with Crippen molar-refractivity contribution in [2.45, 2.75) is 84.4 Å². The highest BCUT2D eigenvalue weighted by atomic mass is 16.6. The Kier molecular flexibility index (Phi) is 8.33. The molecule has 1 aliphatic rings. The number of para-hydroxylation sites is 1. The number of ether oxygens (including phenoxy) is 1. The van der Waals surface area contributed by atoms with Crippen molar-refractivity contribution < 1.29 is 24.0 Å². The number of guanidine groups is 1. The van der Waals surface area contributed by atoms with Gasteiger partial charge in [0.15, 0.2) is 0 Å². The number of aliphatic imine (C=N–C) groups is 1. The van der Waals surface area contributed by atoms with Crippen LogP contribution in [0.5, 0.6) is 0 Å². The molecule has 0 aliphatic carbocycles. The number of hydrogen-bond donors (Lipinski definition) is 2. The number of aryl methyl sites for hydroxylation is 1. The number of hydrogen-bond acceptors (Lipinski definition) is 6. The Balaban J connectivity index is 1.60. The van der Waals surface area contributed by atoms with Gasteiger partial charge in [0.1, 0.15) is 11.6 Å². The third-order valence-electron chi connectivity index (χ3n) is 6.34. The molecule has 2 N–H and O–H groups in total. The zero-order chi connectivity index (χ0) is 27.3. The van der Waals surface area contributed by atoms with E-state index in [9.17, 15) is 14.7 Å². The summed E-state index contributed by atoms with van der Waals surface area (Å²) < 4.78 is 13.2. The molecule has 1 aliphatic heterocycles. The van der Waals surface area contributed by atoms with Crippen LogP contribution in [-0.2, 0) is 11.3 Å². The number of fused-ring (bicyclic) bond motifs is 1. The number of unbranched alkanes of at least 4 members (excludes halogenated alkanes) is 3. The summed E-state index contributed by atoms with van der Waals surface area (Å²) in [6.07, 6.45) is 5.89. The number of benzene rings is 1. The highest BCUT2D eigenvalue weighted by molar-refractivity contribution is 5.98. The van der Waals surface area contributed by atoms with Gasteiger partial charge < -0.3 is 23.8 Å². The highest BCUT2D eigenvalue weighted by Crippen LogP contribution is 2.34. The van der Waals surface area contributed by atoms with E-state index in [2.05, 4.69) is 39.2 Å². The fourth-order valence-electron chi connectivity index (χ4n) is 4.71. The van der Waals surface area contributed by atoms with Gasteiger partial charge in [-0.2, -0.15) is 4.98 Å². The lowest BCUT2D eigenvalue weighted by atomic mass is 10.1. The van der Waals surface area contributed by atoms with E-state index in [-0.39, 0.29) is 5.96 Å². The highest BCUT2D eigenvalue weighted by Gasteiger charge is 2.35. The van der Waals surface area contributed by atoms with Gasteiger partial charge in [0, 0.05) is 35.8 Å². The smallest absolute Gasteiger partial charge is 0.437 e. The number of amides is 2. The largest absolute Gasteiger partial charge is 0.465 e. The molecule has 0 saturated carbocycles. The summed E-state index contributed by atoms with van der Waals surface area (Å²) in [6, 6.07) is 7.71. The second kappa shape index (κ2) is 11.7. The normalized spacial score (nSPS) is 16.3. The van der Waals surface area contributed by atoms with Crippen LogP contribution in [0.4, 0.5) is 9.59 Å². The molecule has 0 bridgehead atoms. The van der Waals surface area contributed by atoms with Crippen LogP contribution in [0.15, 0.2) is 40.0 Å². The van der Waals surface area contributed by atoms with E-state index in [0.717, 1.165) is 35.9 Å². The number of likely N-dealkylation sites (tertiary alicyclic amines) is 1. The van der Waals surface area contributed by atoms with E-state index in [4.69, 9.17) is 14.2 Å². The summed E-state index contributed by atoms with van der Waals surface area (Å²) in [4.78, 5) is 34.1. The molecule has 1 aromatic carbocycles. The fourth-order valence-corrected chi connectivity index (χ4v) is 4.71. The fraction of sp³-hybridized carbons (Fsp3) is 0.519. The average molecular weight is 525 g/mol. The van der Waals surface area contributed by atoms with Gasteiger partial charge in [0.2, 0.25) is 17.7 Å². The Hall–Kier alpha value is -3.89. The number of carbonyl (C=O) groups is 2. The first kappa shape index (κ1) is 27.2. The Morgan fingerprint density at radius 2 is 2.03 bits per heavy atom. The first-order chi connectivity index (χ1) is 18.2. The van der Waals surface area contributed by atoms with Crippen molar-refractivity contribution in [3.8, 4) is 11.4 Å². The number of rotatable bonds is 7. The molecule has 0 spiro atoms. The van der Waals surface area contributed by atoms with Crippen molar-refractivity contribution in [1.29, 1.82) is 0 Å². The minimum atomic E-state index is -1.34. The van der Waals surface area contributed by atoms with Gasteiger partial charge in [0.25, 0.3) is 0 Å². The van der Waals surface area contributed by atoms with Crippen molar-refractivity contribution in [2.75, 3.05) is 6.54 Å². The molecular formula is C27H36N6O5. The van der Waals surface area contributed by atoms with Crippen LogP contribution in [0.2, 0.25) is 0 Å². The van der Waals surface area contributed by atoms with Crippen molar-refractivity contribution in [3.63, 3.8) is 0 Å². The maximum absolute atomic E-state index is 12.4. The molecule has 11 heteroatoms. The first-order valence-electron chi connectivity index (χ1n) is 13.2. The molecule has 1 atom stereocenters. The first-order valence-corrected chi connectivity index (χ1v) is 13.2. The van der Waals surface area contributed by atoms with E-state index < -0.39 is 23.8 Å². The second-order valence-electron chi connectivity index (χ2n) is 10.5. The van der Waals surface area contributed by atoms with Gasteiger partial charge in [-0.1, -0.05) is 49.5 Å². The number of aromatic nitrogens is 3. The molecule has 1 saturated heterocycles. The zero-order valence-electron chi connectivity index (χ0n) is 22.4. The molecule has 2 amide bonds. The number of carbonyl (C=O) groups excluding carboxylic acids is 1. The van der Waals surface area contributed by atoms with E-state index in [0.29, 0.717) is 24.7 Å². The van der Waals surface area contributed by atoms with E-state index >= 15 is 0 Å². The summed E-state index contributed by atoms with van der Waals surface area (Å²) in [6.45, 7) is 8.71. The molecular weight excluding hydrogens is 488 g/mol. The van der Waals surface area contributed by atoms with Crippen molar-refractivity contribution in [2.24, 2.45) is 4.99 Å². The third kappa shape index (κ3) is 6.51. The van der Waals surface area contributed by atoms with Crippen LogP contribution in [-0.4, -0.2) is 55.0 Å². The van der Waals surface area contributed by atoms with Gasteiger partial charge in [-0.3, -0.25) is 5.32 Å². The maximum atomic E-state index is 12.4. The van der Waals surface area contributed by atoms with Crippen LogP contribution in [0.25, 0.3) is 22.3 Å². The van der Waals surface area contributed by atoms with Crippen LogP contribution in [0.3, 0.4) is 0 Å². The minimum absolute atomic E-state index is 0.127. The monoisotopic (exact) mass is 524 g/mol. The molecule has 2 aromatic heterocycles. The lowest BCUT2D eigenvalue weighted by Gasteiger charge is -2.25. The van der Waals surface area contributed by atoms with E-state index in [1.54, 1.807) is 25.7 Å². The van der Waals surface area contributed by atoms with Gasteiger partial charge in [-0.05, 0) is 46.1 Å². The molecule has 204 valence electrons. The number of nitrogens with one attached hydrogen (secondary N) is 1. The van der Waals surface area contributed by atoms with Crippen LogP contribution >= 0.6 is 0 Å². The standard InChI is InChI=1S/C27H36N6O5/c1-5-6-7-10-15-32-17-19(18-12-8-9-13-20(18)32)22-28-23(38-31-22)21-14-11-16-33(21)24(29-25(34)35)30-26(36)37-27(2,3)4/h8-9,12-13,17,21H,5-7,10-11,14-16H2,1-4H3,(H,34,35)(H,29,30,36)/t21-/m0/s1. The number of carboxylic acid groups (broad SMARTS) is 1. The summed E-state index contributed by atoms with van der Waals surface area (Å²) >= 11 is 0. The summed E-state index contributed by atoms with van der Waals surface area (Å²) in [5.74, 6) is 0.672. The molecule has 1 fully saturated rings. The van der Waals surface area contributed by atoms with Gasteiger partial charge >= 0.3 is 12.2 Å². The van der Waals surface area contributed by atoms with Crippen LogP contribution in [0, 0.1) is 0 Å². The summed E-state index contributed by atoms with van der Waals surface area (Å²) in [7, 11) is 0. The molecule has 3 aromatic rings. The van der Waals surface area contributed by atoms with Crippen LogP contribution < -0.4 is 5.32 Å². The van der Waals surface area contributed by atoms with Crippen LogP contribution in [0.1, 0.15) is 78.2 Å². The third-order valence-corrected chi connectivity index (χ3v) is 6.34. The summed E-state index contributed by atoms with van der Waals surface area (Å²) in [5, 5.41) is 16.9. The molecule has 38 heavy (non-hydrogen) atoms. The molecule has 4 rings (SSSR count). The van der Waals surface area contributed by atoms with Gasteiger partial charge in [0.05, 0.1) is 0 Å². The molecule has 11 nitrogen and oxygen atoms in total. The lowest BCUT2D eigenvalue weighted by Crippen LogP contribution is -2.44. The molecule has 0 unspecified atom stereocenters. The van der Waals surface area contributed by atoms with E-state index in [1.165, 1.54) is 19.3 Å². The Morgan fingerprint density at radius 1 is 1.24 bits per heavy atom. The summed E-state index contributed by atoms with van der Waals surface area (Å²) in [5.41, 5.74) is 1.22. The van der Waals surface area contributed by atoms with Crippen molar-refractivity contribution in [1.82, 2.24) is 24.9 Å². The van der Waals surface area contributed by atoms with Crippen molar-refractivity contribution >= 4 is 29.0 Å². The topological polar surface area (TPSA) is 135 Å². The predicted octanol–water partition coefficient (Wildman–Crippen LogP) is 5.97. The zero-order valence-corrected chi connectivity index (χ0v) is 22.4. The van der Waals surface area contributed by atoms with Crippen molar-refractivity contribution in [3.05, 3.63) is 36.4 Å². The van der Waals surface area contributed by atoms with Gasteiger partial charge in [-0.25, -0.2) is 9.59 Å². The average Bonchev–Trinajstić information content (AvgIpc) is 3.58. The molecule has 3 heterocycles.